The fourth-order valence-electron chi connectivity index (χ4n) is 6.47. The Morgan fingerprint density at radius 3 is 2.86 bits per heavy atom. The van der Waals surface area contributed by atoms with Crippen LogP contribution in [0.3, 0.4) is 0 Å². The first-order chi connectivity index (χ1) is 14.1. The van der Waals surface area contributed by atoms with E-state index in [1.54, 1.807) is 11.8 Å². The molecule has 0 radical (unpaired) electrons. The van der Waals surface area contributed by atoms with Gasteiger partial charge >= 0.3 is 5.97 Å². The Kier molecular flexibility index (Phi) is 6.11. The number of hydrazine groups is 1. The number of hydrogen-bond acceptors (Lipinski definition) is 6. The number of nitrogens with zero attached hydrogens (tertiary/aromatic N) is 1. The second-order valence-corrected chi connectivity index (χ2v) is 11.4. The van der Waals surface area contributed by atoms with Gasteiger partial charge in [0.25, 0.3) is 0 Å². The van der Waals surface area contributed by atoms with Gasteiger partial charge in [-0.15, -0.1) is 11.8 Å². The van der Waals surface area contributed by atoms with Crippen molar-refractivity contribution in [1.82, 2.24) is 15.8 Å². The minimum Gasteiger partial charge on any atom is -0.462 e. The number of alkyl halides is 1. The Labute approximate surface area is 178 Å². The van der Waals surface area contributed by atoms with Crippen LogP contribution in [0.4, 0.5) is 4.39 Å². The number of rotatable bonds is 3. The smallest absolute Gasteiger partial charge is 0.319 e. The molecular formula is C22H36FN3O2S. The number of esters is 1. The van der Waals surface area contributed by atoms with Crippen molar-refractivity contribution in [3.8, 4) is 0 Å². The summed E-state index contributed by atoms with van der Waals surface area (Å²) in [6.07, 6.45) is 8.12. The highest BCUT2D eigenvalue weighted by molar-refractivity contribution is 8.01. The number of thioether (sulfide) groups is 1. The Balaban J connectivity index is 1.17. The molecule has 3 aliphatic heterocycles. The lowest BCUT2D eigenvalue weighted by atomic mass is 9.74. The van der Waals surface area contributed by atoms with Crippen molar-refractivity contribution in [1.29, 1.82) is 0 Å². The number of fused-ring (bicyclic) bond motifs is 2. The second-order valence-electron chi connectivity index (χ2n) is 10.0. The maximum atomic E-state index is 14.0. The number of halogens is 1. The van der Waals surface area contributed by atoms with Crippen LogP contribution in [0.2, 0.25) is 0 Å². The van der Waals surface area contributed by atoms with Crippen molar-refractivity contribution in [2.45, 2.75) is 99.7 Å². The van der Waals surface area contributed by atoms with Gasteiger partial charge in [-0.3, -0.25) is 10.2 Å². The quantitative estimate of drug-likeness (QED) is 0.677. The van der Waals surface area contributed by atoms with Crippen LogP contribution in [0.1, 0.15) is 64.7 Å². The van der Waals surface area contributed by atoms with Gasteiger partial charge in [0.05, 0.1) is 5.37 Å². The van der Waals surface area contributed by atoms with Crippen LogP contribution in [0.5, 0.6) is 0 Å². The van der Waals surface area contributed by atoms with Crippen LogP contribution < -0.4 is 10.7 Å². The lowest BCUT2D eigenvalue weighted by Crippen LogP contribution is -2.48. The third-order valence-corrected chi connectivity index (χ3v) is 9.71. The van der Waals surface area contributed by atoms with Crippen LogP contribution >= 0.6 is 11.8 Å². The Morgan fingerprint density at radius 1 is 1.10 bits per heavy atom. The molecule has 29 heavy (non-hydrogen) atoms. The lowest BCUT2D eigenvalue weighted by Gasteiger charge is -2.39. The molecule has 2 saturated carbocycles. The molecule has 0 aromatic carbocycles. The molecule has 5 rings (SSSR count). The van der Waals surface area contributed by atoms with E-state index in [0.29, 0.717) is 24.8 Å². The average Bonchev–Trinajstić information content (AvgIpc) is 3.29. The van der Waals surface area contributed by atoms with Crippen LogP contribution in [0.15, 0.2) is 0 Å². The van der Waals surface area contributed by atoms with Gasteiger partial charge in [0.2, 0.25) is 0 Å². The SMILES string of the molecule is CC1NN(C2CCCC(F)C2)C2SC(C(=O)OC3CCC4CNCCC4C3)CC12. The van der Waals surface area contributed by atoms with Gasteiger partial charge in [-0.25, -0.2) is 9.40 Å². The number of carbonyl (C=O) groups is 1. The minimum atomic E-state index is -0.679. The summed E-state index contributed by atoms with van der Waals surface area (Å²) in [5.41, 5.74) is 3.61. The van der Waals surface area contributed by atoms with E-state index < -0.39 is 6.17 Å². The molecule has 5 nitrogen and oxygen atoms in total. The van der Waals surface area contributed by atoms with Crippen LogP contribution in [-0.2, 0) is 9.53 Å². The first-order valence-electron chi connectivity index (χ1n) is 11.8. The summed E-state index contributed by atoms with van der Waals surface area (Å²) in [6.45, 7) is 4.44. The van der Waals surface area contributed by atoms with E-state index in [0.717, 1.165) is 57.0 Å². The van der Waals surface area contributed by atoms with Gasteiger partial charge < -0.3 is 10.1 Å². The number of ether oxygens (including phenoxy) is 1. The molecule has 0 spiro atoms. The summed E-state index contributed by atoms with van der Waals surface area (Å²) < 4.78 is 20.0. The molecule has 9 atom stereocenters. The molecule has 164 valence electrons. The normalized spacial score (nSPS) is 48.1. The molecular weight excluding hydrogens is 389 g/mol. The maximum absolute atomic E-state index is 14.0. The molecule has 0 aromatic rings. The third kappa shape index (κ3) is 4.21. The number of carbonyl (C=O) groups excluding carboxylic acids is 1. The van der Waals surface area contributed by atoms with Crippen molar-refractivity contribution in [2.75, 3.05) is 13.1 Å². The summed E-state index contributed by atoms with van der Waals surface area (Å²) >= 11 is 1.76. The van der Waals surface area contributed by atoms with Gasteiger partial charge in [0.15, 0.2) is 0 Å². The molecule has 2 aliphatic carbocycles. The zero-order valence-corrected chi connectivity index (χ0v) is 18.3. The molecule has 3 saturated heterocycles. The molecule has 5 aliphatic rings. The molecule has 9 unspecified atom stereocenters. The molecule has 5 fully saturated rings. The van der Waals surface area contributed by atoms with E-state index in [4.69, 9.17) is 4.74 Å². The molecule has 2 N–H and O–H groups in total. The van der Waals surface area contributed by atoms with Gasteiger partial charge in [0, 0.05) is 18.0 Å². The van der Waals surface area contributed by atoms with Gasteiger partial charge in [-0.1, -0.05) is 0 Å². The third-order valence-electron chi connectivity index (χ3n) is 8.14. The summed E-state index contributed by atoms with van der Waals surface area (Å²) in [6, 6.07) is 0.601. The molecule has 3 heterocycles. The highest BCUT2D eigenvalue weighted by atomic mass is 32.2. The summed E-state index contributed by atoms with van der Waals surface area (Å²) in [4.78, 5) is 13.0. The first-order valence-corrected chi connectivity index (χ1v) is 12.8. The lowest BCUT2D eigenvalue weighted by molar-refractivity contribution is -0.151. The molecule has 0 aromatic heterocycles. The minimum absolute atomic E-state index is 0.000877. The van der Waals surface area contributed by atoms with Crippen molar-refractivity contribution in [3.63, 3.8) is 0 Å². The monoisotopic (exact) mass is 425 g/mol. The molecule has 0 bridgehead atoms. The van der Waals surface area contributed by atoms with Crippen molar-refractivity contribution < 1.29 is 13.9 Å². The number of piperidine rings is 1. The van der Waals surface area contributed by atoms with Gasteiger partial charge in [-0.05, 0) is 89.6 Å². The Hall–Kier alpha value is -0.370. The summed E-state index contributed by atoms with van der Waals surface area (Å²) in [5.74, 6) is 1.94. The second kappa shape index (κ2) is 8.64. The van der Waals surface area contributed by atoms with Crippen LogP contribution in [-0.4, -0.2) is 59.1 Å². The van der Waals surface area contributed by atoms with Crippen molar-refractivity contribution in [3.05, 3.63) is 0 Å². The van der Waals surface area contributed by atoms with Gasteiger partial charge in [-0.2, -0.15) is 0 Å². The van der Waals surface area contributed by atoms with Gasteiger partial charge in [0.1, 0.15) is 17.5 Å². The molecule has 7 heteroatoms. The largest absolute Gasteiger partial charge is 0.462 e. The molecule has 0 amide bonds. The van der Waals surface area contributed by atoms with E-state index in [2.05, 4.69) is 22.7 Å². The van der Waals surface area contributed by atoms with Crippen LogP contribution in [0.25, 0.3) is 0 Å². The first kappa shape index (κ1) is 20.5. The Bertz CT molecular complexity index is 611. The number of nitrogens with one attached hydrogen (secondary N) is 2. The summed E-state index contributed by atoms with van der Waals surface area (Å²) in [5, 5.41) is 6.02. The summed E-state index contributed by atoms with van der Waals surface area (Å²) in [7, 11) is 0. The average molecular weight is 426 g/mol. The van der Waals surface area contributed by atoms with E-state index in [9.17, 15) is 9.18 Å². The van der Waals surface area contributed by atoms with E-state index in [-0.39, 0.29) is 28.7 Å². The van der Waals surface area contributed by atoms with Crippen molar-refractivity contribution in [2.24, 2.45) is 17.8 Å². The predicted molar refractivity (Wildman–Crippen MR) is 113 cm³/mol. The highest BCUT2D eigenvalue weighted by Gasteiger charge is 2.51. The fourth-order valence-corrected chi connectivity index (χ4v) is 8.22. The zero-order chi connectivity index (χ0) is 20.0. The predicted octanol–water partition coefficient (Wildman–Crippen LogP) is 3.25. The van der Waals surface area contributed by atoms with Crippen molar-refractivity contribution >= 4 is 17.7 Å². The van der Waals surface area contributed by atoms with E-state index in [1.165, 1.54) is 12.8 Å². The standard InChI is InChI=1S/C22H36FN3O2S/c1-13-19-11-20(29-21(19)26(25-13)17-4-2-3-16(23)10-17)22(27)28-18-6-5-15-12-24-8-7-14(15)9-18/h13-21,24-25H,2-12H2,1H3. The van der Waals surface area contributed by atoms with E-state index >= 15 is 0 Å². The topological polar surface area (TPSA) is 53.6 Å². The fraction of sp³-hybridized carbons (Fsp3) is 0.955. The van der Waals surface area contributed by atoms with Crippen LogP contribution in [0, 0.1) is 17.8 Å². The maximum Gasteiger partial charge on any atom is 0.319 e. The number of hydrogen-bond donors (Lipinski definition) is 2. The Morgan fingerprint density at radius 2 is 2.00 bits per heavy atom. The van der Waals surface area contributed by atoms with E-state index in [1.807, 2.05) is 0 Å². The highest BCUT2D eigenvalue weighted by Crippen LogP contribution is 2.47. The zero-order valence-electron chi connectivity index (χ0n) is 17.5.